The highest BCUT2D eigenvalue weighted by molar-refractivity contribution is 5.91. The Hall–Kier alpha value is -4.98. The number of hydrogen-bond acceptors (Lipinski definition) is 8. The second-order valence-corrected chi connectivity index (χ2v) is 12.9. The molecule has 0 heterocycles. The summed E-state index contributed by atoms with van der Waals surface area (Å²) in [5.41, 5.74) is 1.58. The summed E-state index contributed by atoms with van der Waals surface area (Å²) < 4.78 is 5.15. The first-order valence-corrected chi connectivity index (χ1v) is 16.7. The normalized spacial score (nSPS) is 14.7. The molecule has 0 bridgehead atoms. The van der Waals surface area contributed by atoms with Gasteiger partial charge in [-0.2, -0.15) is 0 Å². The largest absolute Gasteiger partial charge is 0.480 e. The standard InChI is InChI=1S/C36H51N5O9/c1-21(2)30(34(46)41-31(22(3)4)35(47)48)40-29(43)18-17-28(42)27(19-25-13-9-7-10-14-25)39-33(45)23(5)37-32(44)24(6)38-36(49)50-20-26-15-11-8-12-16-26/h7-16,21-24,27-28,30-31,42H,17-20H2,1-6H3,(H,37,44)(H,38,49)(H,39,45)(H,40,43)(H,41,46)(H,47,48)/t23-,24-,27-,28-,30-,31-/m0/s1. The van der Waals surface area contributed by atoms with E-state index in [2.05, 4.69) is 26.6 Å². The number of aliphatic carboxylic acids is 1. The minimum absolute atomic E-state index is 0.0196. The molecule has 0 aliphatic rings. The van der Waals surface area contributed by atoms with Crippen LogP contribution in [0, 0.1) is 11.8 Å². The van der Waals surface area contributed by atoms with Crippen LogP contribution in [0.25, 0.3) is 0 Å². The summed E-state index contributed by atoms with van der Waals surface area (Å²) in [6.07, 6.45) is -2.06. The molecule has 0 unspecified atom stereocenters. The SMILES string of the molecule is CC(C)[C@H](NC(=O)[C@@H](NC(=O)CC[C@H](O)[C@H](Cc1ccccc1)NC(=O)[C@H](C)NC(=O)[C@H](C)NC(=O)OCc1ccccc1)C(C)C)C(=O)O. The van der Waals surface area contributed by atoms with Gasteiger partial charge in [-0.1, -0.05) is 88.4 Å². The molecule has 0 aliphatic heterocycles. The number of ether oxygens (including phenoxy) is 1. The molecule has 0 aliphatic carbocycles. The molecule has 50 heavy (non-hydrogen) atoms. The third-order valence-electron chi connectivity index (χ3n) is 7.95. The highest BCUT2D eigenvalue weighted by Gasteiger charge is 2.31. The van der Waals surface area contributed by atoms with E-state index in [0.29, 0.717) is 0 Å². The Morgan fingerprint density at radius 2 is 1.16 bits per heavy atom. The number of carboxylic acid groups (broad SMARTS) is 1. The fraction of sp³-hybridized carbons (Fsp3) is 0.500. The van der Waals surface area contributed by atoms with E-state index in [1.165, 1.54) is 13.8 Å². The molecule has 2 rings (SSSR count). The molecule has 14 heteroatoms. The molecule has 274 valence electrons. The van der Waals surface area contributed by atoms with E-state index in [9.17, 15) is 39.0 Å². The van der Waals surface area contributed by atoms with Crippen LogP contribution in [-0.4, -0.2) is 82.2 Å². The molecule has 2 aromatic carbocycles. The summed E-state index contributed by atoms with van der Waals surface area (Å²) in [6, 6.07) is 13.0. The Morgan fingerprint density at radius 1 is 0.640 bits per heavy atom. The summed E-state index contributed by atoms with van der Waals surface area (Å²) in [7, 11) is 0. The lowest BCUT2D eigenvalue weighted by Gasteiger charge is -2.27. The molecule has 0 saturated heterocycles. The number of hydrogen-bond donors (Lipinski definition) is 7. The molecule has 5 amide bonds. The average molecular weight is 698 g/mol. The third kappa shape index (κ3) is 14.2. The van der Waals surface area contributed by atoms with Gasteiger partial charge in [-0.05, 0) is 49.7 Å². The van der Waals surface area contributed by atoms with Gasteiger partial charge in [0.05, 0.1) is 12.1 Å². The van der Waals surface area contributed by atoms with Crippen molar-refractivity contribution in [2.45, 2.75) is 104 Å². The number of aliphatic hydroxyl groups excluding tert-OH is 1. The lowest BCUT2D eigenvalue weighted by molar-refractivity contribution is -0.143. The Labute approximate surface area is 293 Å². The zero-order chi connectivity index (χ0) is 37.4. The van der Waals surface area contributed by atoms with Crippen molar-refractivity contribution in [3.8, 4) is 0 Å². The van der Waals surface area contributed by atoms with Gasteiger partial charge < -0.3 is 41.5 Å². The van der Waals surface area contributed by atoms with E-state index in [1.54, 1.807) is 64.1 Å². The van der Waals surface area contributed by atoms with E-state index in [1.807, 2.05) is 24.3 Å². The minimum atomic E-state index is -1.20. The lowest BCUT2D eigenvalue weighted by Crippen LogP contribution is -2.55. The fourth-order valence-electron chi connectivity index (χ4n) is 4.89. The van der Waals surface area contributed by atoms with E-state index in [4.69, 9.17) is 4.74 Å². The number of nitrogens with one attached hydrogen (secondary N) is 5. The second-order valence-electron chi connectivity index (χ2n) is 12.9. The molecule has 0 fully saturated rings. The van der Waals surface area contributed by atoms with Crippen LogP contribution >= 0.6 is 0 Å². The van der Waals surface area contributed by atoms with Crippen molar-refractivity contribution in [1.29, 1.82) is 0 Å². The number of alkyl carbamates (subject to hydrolysis) is 1. The molecular weight excluding hydrogens is 646 g/mol. The summed E-state index contributed by atoms with van der Waals surface area (Å²) in [5, 5.41) is 33.5. The van der Waals surface area contributed by atoms with Gasteiger partial charge in [0, 0.05) is 6.42 Å². The molecule has 2 aromatic rings. The van der Waals surface area contributed by atoms with E-state index < -0.39 is 72.0 Å². The van der Waals surface area contributed by atoms with Crippen molar-refractivity contribution in [3.05, 3.63) is 71.8 Å². The number of benzene rings is 2. The van der Waals surface area contributed by atoms with Crippen LogP contribution in [0.5, 0.6) is 0 Å². The van der Waals surface area contributed by atoms with Crippen molar-refractivity contribution < 1.29 is 43.7 Å². The van der Waals surface area contributed by atoms with Crippen LogP contribution in [0.4, 0.5) is 4.79 Å². The van der Waals surface area contributed by atoms with Crippen LogP contribution < -0.4 is 26.6 Å². The van der Waals surface area contributed by atoms with Gasteiger partial charge in [0.15, 0.2) is 0 Å². The smallest absolute Gasteiger partial charge is 0.408 e. The summed E-state index contributed by atoms with van der Waals surface area (Å²) in [4.78, 5) is 75.5. The minimum Gasteiger partial charge on any atom is -0.480 e. The van der Waals surface area contributed by atoms with Crippen molar-refractivity contribution in [1.82, 2.24) is 26.6 Å². The number of aliphatic hydroxyl groups is 1. The maximum Gasteiger partial charge on any atom is 0.408 e. The van der Waals surface area contributed by atoms with Crippen molar-refractivity contribution in [2.75, 3.05) is 0 Å². The lowest BCUT2D eigenvalue weighted by atomic mass is 9.97. The summed E-state index contributed by atoms with van der Waals surface area (Å²) >= 11 is 0. The first kappa shape index (κ1) is 41.2. The van der Waals surface area contributed by atoms with Gasteiger partial charge >= 0.3 is 12.1 Å². The Kier molecular flexibility index (Phi) is 16.9. The quantitative estimate of drug-likeness (QED) is 0.114. The Morgan fingerprint density at radius 3 is 1.70 bits per heavy atom. The van der Waals surface area contributed by atoms with Crippen LogP contribution in [0.1, 0.15) is 65.5 Å². The molecule has 0 spiro atoms. The van der Waals surface area contributed by atoms with E-state index in [-0.39, 0.29) is 37.7 Å². The van der Waals surface area contributed by atoms with Crippen LogP contribution in [0.2, 0.25) is 0 Å². The van der Waals surface area contributed by atoms with Crippen LogP contribution in [0.15, 0.2) is 60.7 Å². The highest BCUT2D eigenvalue weighted by atomic mass is 16.5. The molecule has 7 N–H and O–H groups in total. The first-order valence-electron chi connectivity index (χ1n) is 16.7. The second kappa shape index (κ2) is 20.5. The van der Waals surface area contributed by atoms with Crippen LogP contribution in [-0.2, 0) is 41.7 Å². The Bertz CT molecular complexity index is 1420. The number of carboxylic acids is 1. The maximum atomic E-state index is 13.2. The highest BCUT2D eigenvalue weighted by Crippen LogP contribution is 2.12. The van der Waals surface area contributed by atoms with Gasteiger partial charge in [0.2, 0.25) is 23.6 Å². The van der Waals surface area contributed by atoms with Crippen LogP contribution in [0.3, 0.4) is 0 Å². The van der Waals surface area contributed by atoms with Gasteiger partial charge in [-0.25, -0.2) is 9.59 Å². The van der Waals surface area contributed by atoms with Gasteiger partial charge in [0.1, 0.15) is 30.8 Å². The number of amides is 5. The number of carbonyl (C=O) groups excluding carboxylic acids is 5. The molecular formula is C36H51N5O9. The van der Waals surface area contributed by atoms with E-state index >= 15 is 0 Å². The van der Waals surface area contributed by atoms with Crippen molar-refractivity contribution in [3.63, 3.8) is 0 Å². The molecule has 0 saturated carbocycles. The number of rotatable bonds is 19. The van der Waals surface area contributed by atoms with Gasteiger partial charge in [-0.3, -0.25) is 19.2 Å². The molecule has 0 aromatic heterocycles. The first-order chi connectivity index (χ1) is 23.6. The molecule has 14 nitrogen and oxygen atoms in total. The van der Waals surface area contributed by atoms with E-state index in [0.717, 1.165) is 11.1 Å². The fourth-order valence-corrected chi connectivity index (χ4v) is 4.89. The topological polar surface area (TPSA) is 212 Å². The predicted molar refractivity (Wildman–Crippen MR) is 185 cm³/mol. The summed E-state index contributed by atoms with van der Waals surface area (Å²) in [5.74, 6) is -4.32. The zero-order valence-corrected chi connectivity index (χ0v) is 29.5. The van der Waals surface area contributed by atoms with Crippen molar-refractivity contribution >= 4 is 35.7 Å². The molecule has 6 atom stereocenters. The molecule has 0 radical (unpaired) electrons. The Balaban J connectivity index is 1.99. The van der Waals surface area contributed by atoms with Gasteiger partial charge in [0.25, 0.3) is 0 Å². The zero-order valence-electron chi connectivity index (χ0n) is 29.5. The number of carbonyl (C=O) groups is 6. The van der Waals surface area contributed by atoms with Gasteiger partial charge in [-0.15, -0.1) is 0 Å². The predicted octanol–water partition coefficient (Wildman–Crippen LogP) is 2.04. The summed E-state index contributed by atoms with van der Waals surface area (Å²) in [6.45, 7) is 9.67. The monoisotopic (exact) mass is 697 g/mol. The third-order valence-corrected chi connectivity index (χ3v) is 7.95. The average Bonchev–Trinajstić information content (AvgIpc) is 3.07. The maximum absolute atomic E-state index is 13.2. The van der Waals surface area contributed by atoms with Crippen molar-refractivity contribution in [2.24, 2.45) is 11.8 Å².